The van der Waals surface area contributed by atoms with Gasteiger partial charge in [-0.25, -0.2) is 0 Å². The van der Waals surface area contributed by atoms with E-state index in [-0.39, 0.29) is 0 Å². The standard InChI is InChI=1S/C20H25BrN2O3/c1-25-18-8-6-16(7-9-18)23-12-10-22(11-13-23)14-17(24)15-26-20-5-3-2-4-19(20)21/h2-9,17,24H,10-15H2,1H3/t17-/m1/s1. The summed E-state index contributed by atoms with van der Waals surface area (Å²) in [5.74, 6) is 1.64. The van der Waals surface area contributed by atoms with Gasteiger partial charge < -0.3 is 19.5 Å². The van der Waals surface area contributed by atoms with Crippen molar-refractivity contribution >= 4 is 21.6 Å². The zero-order valence-electron chi connectivity index (χ0n) is 15.0. The van der Waals surface area contributed by atoms with Crippen LogP contribution in [0.2, 0.25) is 0 Å². The molecule has 0 radical (unpaired) electrons. The maximum Gasteiger partial charge on any atom is 0.133 e. The van der Waals surface area contributed by atoms with E-state index in [9.17, 15) is 5.11 Å². The fourth-order valence-electron chi connectivity index (χ4n) is 3.08. The largest absolute Gasteiger partial charge is 0.497 e. The van der Waals surface area contributed by atoms with E-state index in [4.69, 9.17) is 9.47 Å². The number of rotatable bonds is 7. The van der Waals surface area contributed by atoms with E-state index in [0.29, 0.717) is 13.2 Å². The van der Waals surface area contributed by atoms with E-state index < -0.39 is 6.10 Å². The van der Waals surface area contributed by atoms with Crippen LogP contribution in [0.4, 0.5) is 5.69 Å². The quantitative estimate of drug-likeness (QED) is 0.745. The van der Waals surface area contributed by atoms with Gasteiger partial charge in [0.05, 0.1) is 11.6 Å². The molecule has 2 aromatic rings. The van der Waals surface area contributed by atoms with E-state index >= 15 is 0 Å². The van der Waals surface area contributed by atoms with Crippen LogP contribution < -0.4 is 14.4 Å². The number of methoxy groups -OCH3 is 1. The summed E-state index contributed by atoms with van der Waals surface area (Å²) >= 11 is 3.45. The predicted molar refractivity (Wildman–Crippen MR) is 107 cm³/mol. The van der Waals surface area contributed by atoms with Crippen molar-refractivity contribution in [1.29, 1.82) is 0 Å². The number of para-hydroxylation sites is 1. The number of ether oxygens (including phenoxy) is 2. The molecule has 1 atom stereocenters. The summed E-state index contributed by atoms with van der Waals surface area (Å²) in [6.07, 6.45) is -0.505. The van der Waals surface area contributed by atoms with Crippen LogP contribution in [-0.4, -0.2) is 62.6 Å². The SMILES string of the molecule is COc1ccc(N2CCN(C[C@@H](O)COc3ccccc3Br)CC2)cc1. The number of anilines is 1. The lowest BCUT2D eigenvalue weighted by atomic mass is 10.2. The number of aliphatic hydroxyl groups is 1. The Bertz CT molecular complexity index is 688. The van der Waals surface area contributed by atoms with Crippen molar-refractivity contribution in [2.75, 3.05) is 51.3 Å². The molecular formula is C20H25BrN2O3. The molecule has 1 saturated heterocycles. The van der Waals surface area contributed by atoms with Crippen molar-refractivity contribution in [2.24, 2.45) is 0 Å². The van der Waals surface area contributed by atoms with Crippen molar-refractivity contribution in [3.05, 3.63) is 53.0 Å². The van der Waals surface area contributed by atoms with Crippen molar-refractivity contribution in [1.82, 2.24) is 4.90 Å². The van der Waals surface area contributed by atoms with Gasteiger partial charge in [0.1, 0.15) is 24.2 Å². The number of β-amino-alcohol motifs (C(OH)–C–C–N with tert-alkyl or cyclic N) is 1. The number of aliphatic hydroxyl groups excluding tert-OH is 1. The molecule has 140 valence electrons. The van der Waals surface area contributed by atoms with Crippen molar-refractivity contribution in [2.45, 2.75) is 6.10 Å². The number of benzene rings is 2. The molecule has 1 heterocycles. The van der Waals surface area contributed by atoms with Gasteiger partial charge in [-0.05, 0) is 52.3 Å². The Morgan fingerprint density at radius 2 is 1.73 bits per heavy atom. The van der Waals surface area contributed by atoms with Crippen LogP contribution in [0.1, 0.15) is 0 Å². The van der Waals surface area contributed by atoms with Gasteiger partial charge in [-0.3, -0.25) is 4.90 Å². The molecule has 1 fully saturated rings. The van der Waals surface area contributed by atoms with Gasteiger partial charge in [0.15, 0.2) is 0 Å². The van der Waals surface area contributed by atoms with Crippen LogP contribution in [-0.2, 0) is 0 Å². The molecule has 6 heteroatoms. The third-order valence-corrected chi connectivity index (χ3v) is 5.20. The van der Waals surface area contributed by atoms with Gasteiger partial charge >= 0.3 is 0 Å². The molecule has 0 aromatic heterocycles. The molecule has 1 aliphatic rings. The molecular weight excluding hydrogens is 396 g/mol. The first-order valence-corrected chi connectivity index (χ1v) is 9.62. The van der Waals surface area contributed by atoms with E-state index in [1.807, 2.05) is 36.4 Å². The Labute approximate surface area is 163 Å². The van der Waals surface area contributed by atoms with Crippen LogP contribution in [0.3, 0.4) is 0 Å². The normalized spacial score (nSPS) is 16.3. The third-order valence-electron chi connectivity index (χ3n) is 4.55. The number of piperazine rings is 1. The van der Waals surface area contributed by atoms with Crippen LogP contribution >= 0.6 is 15.9 Å². The molecule has 0 aliphatic carbocycles. The molecule has 0 amide bonds. The average Bonchev–Trinajstić information content (AvgIpc) is 2.68. The molecule has 0 saturated carbocycles. The summed E-state index contributed by atoms with van der Waals surface area (Å²) in [4.78, 5) is 4.65. The molecule has 26 heavy (non-hydrogen) atoms. The minimum Gasteiger partial charge on any atom is -0.497 e. The molecule has 1 N–H and O–H groups in total. The predicted octanol–water partition coefficient (Wildman–Crippen LogP) is 3.02. The second-order valence-corrected chi connectivity index (χ2v) is 7.24. The highest BCUT2D eigenvalue weighted by Crippen LogP contribution is 2.24. The number of hydrogen-bond donors (Lipinski definition) is 1. The maximum absolute atomic E-state index is 10.3. The maximum atomic E-state index is 10.3. The Morgan fingerprint density at radius 3 is 2.38 bits per heavy atom. The smallest absolute Gasteiger partial charge is 0.133 e. The van der Waals surface area contributed by atoms with E-state index in [1.165, 1.54) is 5.69 Å². The van der Waals surface area contributed by atoms with E-state index in [0.717, 1.165) is 42.2 Å². The zero-order valence-corrected chi connectivity index (χ0v) is 16.6. The Kier molecular flexibility index (Phi) is 6.77. The minimum atomic E-state index is -0.505. The number of nitrogens with zero attached hydrogens (tertiary/aromatic N) is 2. The van der Waals surface area contributed by atoms with Crippen LogP contribution in [0, 0.1) is 0 Å². The zero-order chi connectivity index (χ0) is 18.4. The highest BCUT2D eigenvalue weighted by Gasteiger charge is 2.20. The summed E-state index contributed by atoms with van der Waals surface area (Å²) in [6.45, 7) is 4.67. The third kappa shape index (κ3) is 5.13. The molecule has 1 aliphatic heterocycles. The average molecular weight is 421 g/mol. The topological polar surface area (TPSA) is 45.2 Å². The van der Waals surface area contributed by atoms with Gasteiger partial charge in [0, 0.05) is 38.4 Å². The second-order valence-electron chi connectivity index (χ2n) is 6.38. The van der Waals surface area contributed by atoms with E-state index in [2.05, 4.69) is 37.9 Å². The summed E-state index contributed by atoms with van der Waals surface area (Å²) in [6, 6.07) is 15.9. The van der Waals surface area contributed by atoms with Crippen LogP contribution in [0.25, 0.3) is 0 Å². The Hall–Kier alpha value is -1.76. The Morgan fingerprint density at radius 1 is 1.04 bits per heavy atom. The van der Waals surface area contributed by atoms with Gasteiger partial charge in [-0.1, -0.05) is 12.1 Å². The highest BCUT2D eigenvalue weighted by molar-refractivity contribution is 9.10. The molecule has 2 aromatic carbocycles. The first-order valence-electron chi connectivity index (χ1n) is 8.82. The summed E-state index contributed by atoms with van der Waals surface area (Å²) in [7, 11) is 1.68. The minimum absolute atomic E-state index is 0.293. The van der Waals surface area contributed by atoms with Gasteiger partial charge in [-0.2, -0.15) is 0 Å². The Balaban J connectivity index is 1.42. The summed E-state index contributed by atoms with van der Waals surface area (Å²) in [5.41, 5.74) is 1.21. The van der Waals surface area contributed by atoms with Gasteiger partial charge in [-0.15, -0.1) is 0 Å². The van der Waals surface area contributed by atoms with Crippen LogP contribution in [0.15, 0.2) is 53.0 Å². The number of halogens is 1. The highest BCUT2D eigenvalue weighted by atomic mass is 79.9. The van der Waals surface area contributed by atoms with Gasteiger partial charge in [0.25, 0.3) is 0 Å². The lowest BCUT2D eigenvalue weighted by Gasteiger charge is -2.36. The first-order chi connectivity index (χ1) is 12.7. The molecule has 0 unspecified atom stereocenters. The first kappa shape index (κ1) is 19.0. The van der Waals surface area contributed by atoms with Crippen LogP contribution in [0.5, 0.6) is 11.5 Å². The van der Waals surface area contributed by atoms with Crippen molar-refractivity contribution in [3.63, 3.8) is 0 Å². The molecule has 3 rings (SSSR count). The van der Waals surface area contributed by atoms with Crippen molar-refractivity contribution < 1.29 is 14.6 Å². The number of hydrogen-bond acceptors (Lipinski definition) is 5. The van der Waals surface area contributed by atoms with Gasteiger partial charge in [0.2, 0.25) is 0 Å². The lowest BCUT2D eigenvalue weighted by molar-refractivity contribution is 0.0660. The second kappa shape index (κ2) is 9.26. The molecule has 5 nitrogen and oxygen atoms in total. The fraction of sp³-hybridized carbons (Fsp3) is 0.400. The lowest BCUT2D eigenvalue weighted by Crippen LogP contribution is -2.49. The monoisotopic (exact) mass is 420 g/mol. The summed E-state index contributed by atoms with van der Waals surface area (Å²) in [5, 5.41) is 10.3. The van der Waals surface area contributed by atoms with Crippen molar-refractivity contribution in [3.8, 4) is 11.5 Å². The van der Waals surface area contributed by atoms with E-state index in [1.54, 1.807) is 7.11 Å². The fourth-order valence-corrected chi connectivity index (χ4v) is 3.48. The summed E-state index contributed by atoms with van der Waals surface area (Å²) < 4.78 is 11.8. The molecule has 0 bridgehead atoms. The molecule has 0 spiro atoms.